The number of hydrogen-bond donors (Lipinski definition) is 1. The van der Waals surface area contributed by atoms with E-state index in [1.165, 1.54) is 43.2 Å². The van der Waals surface area contributed by atoms with Crippen LogP contribution in [0.1, 0.15) is 37.8 Å². The summed E-state index contributed by atoms with van der Waals surface area (Å²) in [5.41, 5.74) is 10.1. The van der Waals surface area contributed by atoms with Crippen molar-refractivity contribution in [3.05, 3.63) is 30.0 Å². The topological polar surface area (TPSA) is 42.1 Å². The zero-order chi connectivity index (χ0) is 14.8. The SMILES string of the molecule is Cc1cc(N(C)CC2CCCCC2)c2cc(N)ccc2n1. The molecule has 0 saturated heterocycles. The first kappa shape index (κ1) is 14.2. The van der Waals surface area contributed by atoms with Crippen LogP contribution in [0.2, 0.25) is 0 Å². The zero-order valence-corrected chi connectivity index (χ0v) is 13.1. The predicted molar refractivity (Wildman–Crippen MR) is 90.7 cm³/mol. The van der Waals surface area contributed by atoms with E-state index in [1.54, 1.807) is 0 Å². The molecular formula is C18H25N3. The summed E-state index contributed by atoms with van der Waals surface area (Å²) in [5, 5.41) is 1.17. The lowest BCUT2D eigenvalue weighted by molar-refractivity contribution is 0.362. The van der Waals surface area contributed by atoms with Gasteiger partial charge in [-0.2, -0.15) is 0 Å². The first-order chi connectivity index (χ1) is 10.1. The Balaban J connectivity index is 1.92. The molecule has 1 fully saturated rings. The molecule has 3 heteroatoms. The van der Waals surface area contributed by atoms with Crippen molar-refractivity contribution in [3.63, 3.8) is 0 Å². The van der Waals surface area contributed by atoms with Crippen LogP contribution in [0, 0.1) is 12.8 Å². The molecular weight excluding hydrogens is 258 g/mol. The Bertz CT molecular complexity index is 630. The normalized spacial score (nSPS) is 16.3. The van der Waals surface area contributed by atoms with Crippen LogP contribution in [0.5, 0.6) is 0 Å². The number of rotatable bonds is 3. The quantitative estimate of drug-likeness (QED) is 0.861. The molecule has 0 spiro atoms. The number of aryl methyl sites for hydroxylation is 1. The summed E-state index contributed by atoms with van der Waals surface area (Å²) >= 11 is 0. The zero-order valence-electron chi connectivity index (χ0n) is 13.1. The highest BCUT2D eigenvalue weighted by Crippen LogP contribution is 2.30. The minimum Gasteiger partial charge on any atom is -0.399 e. The lowest BCUT2D eigenvalue weighted by Crippen LogP contribution is -2.27. The van der Waals surface area contributed by atoms with E-state index >= 15 is 0 Å². The van der Waals surface area contributed by atoms with Gasteiger partial charge in [0.15, 0.2) is 0 Å². The van der Waals surface area contributed by atoms with Gasteiger partial charge in [-0.05, 0) is 49.9 Å². The van der Waals surface area contributed by atoms with E-state index in [9.17, 15) is 0 Å². The molecule has 1 aliphatic carbocycles. The highest BCUT2D eigenvalue weighted by atomic mass is 15.1. The third-order valence-electron chi connectivity index (χ3n) is 4.61. The second-order valence-electron chi connectivity index (χ2n) is 6.44. The standard InChI is InChI=1S/C18H25N3/c1-13-10-18(16-11-15(19)8-9-17(16)20-13)21(2)12-14-6-4-3-5-7-14/h8-11,14H,3-7,12,19H2,1-2H3. The average Bonchev–Trinajstić information content (AvgIpc) is 2.48. The summed E-state index contributed by atoms with van der Waals surface area (Å²) < 4.78 is 0. The first-order valence-electron chi connectivity index (χ1n) is 8.01. The molecule has 2 aromatic rings. The number of pyridine rings is 1. The average molecular weight is 283 g/mol. The summed E-state index contributed by atoms with van der Waals surface area (Å²) in [4.78, 5) is 7.02. The van der Waals surface area contributed by atoms with Crippen LogP contribution >= 0.6 is 0 Å². The monoisotopic (exact) mass is 283 g/mol. The molecule has 21 heavy (non-hydrogen) atoms. The molecule has 1 aromatic carbocycles. The van der Waals surface area contributed by atoms with Gasteiger partial charge in [0.25, 0.3) is 0 Å². The molecule has 1 aromatic heterocycles. The fourth-order valence-corrected chi connectivity index (χ4v) is 3.53. The maximum absolute atomic E-state index is 5.97. The van der Waals surface area contributed by atoms with Crippen LogP contribution in [0.3, 0.4) is 0 Å². The van der Waals surface area contributed by atoms with Crippen molar-refractivity contribution < 1.29 is 0 Å². The van der Waals surface area contributed by atoms with Crippen LogP contribution in [-0.4, -0.2) is 18.6 Å². The number of hydrogen-bond acceptors (Lipinski definition) is 3. The van der Waals surface area contributed by atoms with Crippen LogP contribution in [0.4, 0.5) is 11.4 Å². The Kier molecular flexibility index (Phi) is 4.00. The van der Waals surface area contributed by atoms with E-state index in [0.29, 0.717) is 0 Å². The van der Waals surface area contributed by atoms with Gasteiger partial charge in [0, 0.05) is 36.0 Å². The fraction of sp³-hybridized carbons (Fsp3) is 0.500. The number of nitrogens with two attached hydrogens (primary N) is 1. The molecule has 1 saturated carbocycles. The molecule has 112 valence electrons. The van der Waals surface area contributed by atoms with E-state index in [1.807, 2.05) is 12.1 Å². The van der Waals surface area contributed by atoms with Crippen molar-refractivity contribution in [2.24, 2.45) is 5.92 Å². The summed E-state index contributed by atoms with van der Waals surface area (Å²) in [7, 11) is 2.20. The van der Waals surface area contributed by atoms with Crippen molar-refractivity contribution in [2.45, 2.75) is 39.0 Å². The lowest BCUT2D eigenvalue weighted by Gasteiger charge is -2.29. The van der Waals surface area contributed by atoms with E-state index in [2.05, 4.69) is 36.0 Å². The highest BCUT2D eigenvalue weighted by Gasteiger charge is 2.17. The number of nitrogen functional groups attached to an aromatic ring is 1. The van der Waals surface area contributed by atoms with Gasteiger partial charge >= 0.3 is 0 Å². The van der Waals surface area contributed by atoms with Crippen LogP contribution < -0.4 is 10.6 Å². The molecule has 0 amide bonds. The number of aromatic nitrogens is 1. The molecule has 0 atom stereocenters. The fourth-order valence-electron chi connectivity index (χ4n) is 3.53. The second-order valence-corrected chi connectivity index (χ2v) is 6.44. The van der Waals surface area contributed by atoms with E-state index in [-0.39, 0.29) is 0 Å². The maximum Gasteiger partial charge on any atom is 0.0727 e. The van der Waals surface area contributed by atoms with Crippen LogP contribution in [-0.2, 0) is 0 Å². The van der Waals surface area contributed by atoms with Gasteiger partial charge in [0.05, 0.1) is 5.52 Å². The minimum atomic E-state index is 0.806. The Morgan fingerprint density at radius 2 is 1.95 bits per heavy atom. The maximum atomic E-state index is 5.97. The van der Waals surface area contributed by atoms with Gasteiger partial charge in [-0.3, -0.25) is 4.98 Å². The number of anilines is 2. The number of nitrogens with zero attached hydrogens (tertiary/aromatic N) is 2. The van der Waals surface area contributed by atoms with Gasteiger partial charge in [-0.15, -0.1) is 0 Å². The van der Waals surface area contributed by atoms with Gasteiger partial charge in [0.2, 0.25) is 0 Å². The van der Waals surface area contributed by atoms with Gasteiger partial charge < -0.3 is 10.6 Å². The smallest absolute Gasteiger partial charge is 0.0727 e. The summed E-state index contributed by atoms with van der Waals surface area (Å²) in [5.74, 6) is 0.827. The van der Waals surface area contributed by atoms with E-state index in [4.69, 9.17) is 5.73 Å². The summed E-state index contributed by atoms with van der Waals surface area (Å²) in [6.07, 6.45) is 6.93. The number of fused-ring (bicyclic) bond motifs is 1. The highest BCUT2D eigenvalue weighted by molar-refractivity contribution is 5.93. The lowest BCUT2D eigenvalue weighted by atomic mass is 9.89. The molecule has 0 bridgehead atoms. The van der Waals surface area contributed by atoms with Gasteiger partial charge in [0.1, 0.15) is 0 Å². The molecule has 3 nitrogen and oxygen atoms in total. The van der Waals surface area contributed by atoms with E-state index in [0.717, 1.165) is 29.4 Å². The van der Waals surface area contributed by atoms with Crippen molar-refractivity contribution in [1.82, 2.24) is 4.98 Å². The first-order valence-corrected chi connectivity index (χ1v) is 8.01. The molecule has 0 radical (unpaired) electrons. The minimum absolute atomic E-state index is 0.806. The second kappa shape index (κ2) is 5.92. The van der Waals surface area contributed by atoms with Crippen molar-refractivity contribution in [3.8, 4) is 0 Å². The van der Waals surface area contributed by atoms with E-state index < -0.39 is 0 Å². The molecule has 1 aliphatic rings. The Labute approximate surface area is 127 Å². The third-order valence-corrected chi connectivity index (χ3v) is 4.61. The molecule has 0 aliphatic heterocycles. The van der Waals surface area contributed by atoms with Crippen LogP contribution in [0.25, 0.3) is 10.9 Å². The Morgan fingerprint density at radius 1 is 1.19 bits per heavy atom. The summed E-state index contributed by atoms with van der Waals surface area (Å²) in [6.45, 7) is 3.20. The Morgan fingerprint density at radius 3 is 2.71 bits per heavy atom. The number of benzene rings is 1. The van der Waals surface area contributed by atoms with Gasteiger partial charge in [-0.25, -0.2) is 0 Å². The molecule has 3 rings (SSSR count). The van der Waals surface area contributed by atoms with Crippen molar-refractivity contribution in [1.29, 1.82) is 0 Å². The van der Waals surface area contributed by atoms with Crippen molar-refractivity contribution >= 4 is 22.3 Å². The summed E-state index contributed by atoms with van der Waals surface area (Å²) in [6, 6.07) is 8.19. The predicted octanol–water partition coefficient (Wildman–Crippen LogP) is 4.14. The largest absolute Gasteiger partial charge is 0.399 e. The molecule has 0 unspecified atom stereocenters. The van der Waals surface area contributed by atoms with Crippen LogP contribution in [0.15, 0.2) is 24.3 Å². The third kappa shape index (κ3) is 3.12. The van der Waals surface area contributed by atoms with Gasteiger partial charge in [-0.1, -0.05) is 19.3 Å². The molecule has 1 heterocycles. The van der Waals surface area contributed by atoms with Crippen molar-refractivity contribution in [2.75, 3.05) is 24.2 Å². The Hall–Kier alpha value is -1.77. The molecule has 2 N–H and O–H groups in total.